The highest BCUT2D eigenvalue weighted by Crippen LogP contribution is 2.24. The van der Waals surface area contributed by atoms with E-state index in [0.717, 1.165) is 17.0 Å². The van der Waals surface area contributed by atoms with Gasteiger partial charge >= 0.3 is 0 Å². The maximum atomic E-state index is 12.4. The number of rotatable bonds is 4. The summed E-state index contributed by atoms with van der Waals surface area (Å²) in [6.45, 7) is 1.96. The molecule has 23 heavy (non-hydrogen) atoms. The first kappa shape index (κ1) is 14.8. The Morgan fingerprint density at radius 2 is 2.00 bits per heavy atom. The van der Waals surface area contributed by atoms with Crippen LogP contribution in [0.3, 0.4) is 0 Å². The number of anilines is 1. The zero-order valence-electron chi connectivity index (χ0n) is 13.0. The minimum absolute atomic E-state index is 0.210. The summed E-state index contributed by atoms with van der Waals surface area (Å²) in [5.41, 5.74) is 4.01. The monoisotopic (exact) mass is 307 g/mol. The van der Waals surface area contributed by atoms with Crippen molar-refractivity contribution in [2.24, 2.45) is 0 Å². The van der Waals surface area contributed by atoms with Gasteiger partial charge in [0.2, 0.25) is 0 Å². The number of benzene rings is 2. The van der Waals surface area contributed by atoms with Crippen LogP contribution in [-0.2, 0) is 0 Å². The SMILES string of the molecule is COc1ccccc1C(=O)Nc1cccc(-c2nc[nH]c2C)c1. The zero-order valence-corrected chi connectivity index (χ0v) is 13.0. The minimum Gasteiger partial charge on any atom is -0.496 e. The normalized spacial score (nSPS) is 10.3. The molecule has 0 fully saturated rings. The summed E-state index contributed by atoms with van der Waals surface area (Å²) >= 11 is 0. The molecule has 0 aliphatic rings. The summed E-state index contributed by atoms with van der Waals surface area (Å²) in [7, 11) is 1.55. The molecule has 3 aromatic rings. The van der Waals surface area contributed by atoms with Crippen molar-refractivity contribution >= 4 is 11.6 Å². The molecule has 1 amide bonds. The van der Waals surface area contributed by atoms with Crippen molar-refractivity contribution in [3.63, 3.8) is 0 Å². The third kappa shape index (κ3) is 3.08. The molecule has 5 nitrogen and oxygen atoms in total. The molecule has 0 aliphatic carbocycles. The molecule has 3 rings (SSSR count). The molecule has 0 saturated carbocycles. The second-order valence-corrected chi connectivity index (χ2v) is 5.11. The van der Waals surface area contributed by atoms with Gasteiger partial charge in [-0.25, -0.2) is 4.98 Å². The summed E-state index contributed by atoms with van der Waals surface area (Å²) < 4.78 is 5.23. The van der Waals surface area contributed by atoms with E-state index in [4.69, 9.17) is 4.74 Å². The number of carbonyl (C=O) groups excluding carboxylic acids is 1. The Labute approximate surface area is 134 Å². The van der Waals surface area contributed by atoms with Crippen LogP contribution in [0.4, 0.5) is 5.69 Å². The number of aromatic amines is 1. The number of methoxy groups -OCH3 is 1. The summed E-state index contributed by atoms with van der Waals surface area (Å²) in [6.07, 6.45) is 1.66. The van der Waals surface area contributed by atoms with Crippen LogP contribution in [0.25, 0.3) is 11.3 Å². The van der Waals surface area contributed by atoms with Crippen molar-refractivity contribution in [2.45, 2.75) is 6.92 Å². The number of nitrogens with zero attached hydrogens (tertiary/aromatic N) is 1. The van der Waals surface area contributed by atoms with Crippen molar-refractivity contribution in [1.29, 1.82) is 0 Å². The van der Waals surface area contributed by atoms with E-state index in [1.165, 1.54) is 0 Å². The predicted octanol–water partition coefficient (Wildman–Crippen LogP) is 3.65. The number of aryl methyl sites for hydroxylation is 1. The van der Waals surface area contributed by atoms with Crippen LogP contribution in [0.5, 0.6) is 5.75 Å². The Balaban J connectivity index is 1.86. The van der Waals surface area contributed by atoms with Gasteiger partial charge in [0.15, 0.2) is 0 Å². The fourth-order valence-electron chi connectivity index (χ4n) is 2.42. The summed E-state index contributed by atoms with van der Waals surface area (Å²) in [5, 5.41) is 2.90. The van der Waals surface area contributed by atoms with Crippen molar-refractivity contribution < 1.29 is 9.53 Å². The molecule has 1 aromatic heterocycles. The maximum absolute atomic E-state index is 12.4. The summed E-state index contributed by atoms with van der Waals surface area (Å²) in [5.74, 6) is 0.336. The molecule has 2 N–H and O–H groups in total. The second-order valence-electron chi connectivity index (χ2n) is 5.11. The topological polar surface area (TPSA) is 67.0 Å². The molecule has 0 radical (unpaired) electrons. The van der Waals surface area contributed by atoms with Crippen LogP contribution >= 0.6 is 0 Å². The van der Waals surface area contributed by atoms with E-state index in [1.54, 1.807) is 31.6 Å². The van der Waals surface area contributed by atoms with Gasteiger partial charge in [-0.3, -0.25) is 4.79 Å². The van der Waals surface area contributed by atoms with Gasteiger partial charge in [-0.05, 0) is 31.2 Å². The fraction of sp³-hybridized carbons (Fsp3) is 0.111. The second kappa shape index (κ2) is 6.36. The number of hydrogen-bond acceptors (Lipinski definition) is 3. The number of H-pyrrole nitrogens is 1. The van der Waals surface area contributed by atoms with E-state index >= 15 is 0 Å². The number of amides is 1. The smallest absolute Gasteiger partial charge is 0.259 e. The molecule has 0 aliphatic heterocycles. The molecular formula is C18H17N3O2. The van der Waals surface area contributed by atoms with E-state index in [0.29, 0.717) is 17.0 Å². The van der Waals surface area contributed by atoms with E-state index in [-0.39, 0.29) is 5.91 Å². The average Bonchev–Trinajstić information content (AvgIpc) is 3.01. The third-order valence-corrected chi connectivity index (χ3v) is 3.58. The van der Waals surface area contributed by atoms with Crippen LogP contribution in [0.1, 0.15) is 16.1 Å². The van der Waals surface area contributed by atoms with Gasteiger partial charge < -0.3 is 15.0 Å². The first-order chi connectivity index (χ1) is 11.2. The number of imidazole rings is 1. The Morgan fingerprint density at radius 3 is 2.74 bits per heavy atom. The molecule has 0 bridgehead atoms. The largest absolute Gasteiger partial charge is 0.496 e. The average molecular weight is 307 g/mol. The van der Waals surface area contributed by atoms with Crippen molar-refractivity contribution in [2.75, 3.05) is 12.4 Å². The predicted molar refractivity (Wildman–Crippen MR) is 89.7 cm³/mol. The molecular weight excluding hydrogens is 290 g/mol. The quantitative estimate of drug-likeness (QED) is 0.773. The molecule has 0 saturated heterocycles. The molecule has 0 unspecified atom stereocenters. The van der Waals surface area contributed by atoms with Crippen LogP contribution in [0.15, 0.2) is 54.9 Å². The first-order valence-corrected chi connectivity index (χ1v) is 7.24. The standard InChI is InChI=1S/C18H17N3O2/c1-12-17(20-11-19-12)13-6-5-7-14(10-13)21-18(22)15-8-3-4-9-16(15)23-2/h3-11H,1-2H3,(H,19,20)(H,21,22). The first-order valence-electron chi connectivity index (χ1n) is 7.24. The van der Waals surface area contributed by atoms with Crippen LogP contribution in [0, 0.1) is 6.92 Å². The highest BCUT2D eigenvalue weighted by Gasteiger charge is 2.12. The van der Waals surface area contributed by atoms with Gasteiger partial charge in [0.1, 0.15) is 5.75 Å². The van der Waals surface area contributed by atoms with E-state index in [2.05, 4.69) is 15.3 Å². The van der Waals surface area contributed by atoms with Gasteiger partial charge in [-0.2, -0.15) is 0 Å². The van der Waals surface area contributed by atoms with E-state index < -0.39 is 0 Å². The van der Waals surface area contributed by atoms with Gasteiger partial charge in [0.05, 0.1) is 24.7 Å². The van der Waals surface area contributed by atoms with Crippen LogP contribution < -0.4 is 10.1 Å². The lowest BCUT2D eigenvalue weighted by Crippen LogP contribution is -2.13. The highest BCUT2D eigenvalue weighted by molar-refractivity contribution is 6.06. The van der Waals surface area contributed by atoms with Crippen LogP contribution in [0.2, 0.25) is 0 Å². The molecule has 5 heteroatoms. The molecule has 0 atom stereocenters. The lowest BCUT2D eigenvalue weighted by molar-refractivity contribution is 0.102. The third-order valence-electron chi connectivity index (χ3n) is 3.58. The number of para-hydroxylation sites is 1. The minimum atomic E-state index is -0.210. The van der Waals surface area contributed by atoms with Gasteiger partial charge in [-0.1, -0.05) is 24.3 Å². The fourth-order valence-corrected chi connectivity index (χ4v) is 2.42. The number of nitrogens with one attached hydrogen (secondary N) is 2. The molecule has 1 heterocycles. The van der Waals surface area contributed by atoms with Crippen LogP contribution in [-0.4, -0.2) is 23.0 Å². The Hall–Kier alpha value is -3.08. The Kier molecular flexibility index (Phi) is 4.10. The van der Waals surface area contributed by atoms with Crippen molar-refractivity contribution in [1.82, 2.24) is 9.97 Å². The molecule has 2 aromatic carbocycles. The lowest BCUT2D eigenvalue weighted by Gasteiger charge is -2.10. The number of ether oxygens (including phenoxy) is 1. The van der Waals surface area contributed by atoms with E-state index in [1.807, 2.05) is 37.3 Å². The number of aromatic nitrogens is 2. The van der Waals surface area contributed by atoms with E-state index in [9.17, 15) is 4.79 Å². The Morgan fingerprint density at radius 1 is 1.17 bits per heavy atom. The Bertz CT molecular complexity index is 840. The lowest BCUT2D eigenvalue weighted by atomic mass is 10.1. The van der Waals surface area contributed by atoms with Gasteiger partial charge in [0.25, 0.3) is 5.91 Å². The van der Waals surface area contributed by atoms with Crippen molar-refractivity contribution in [3.05, 3.63) is 66.1 Å². The summed E-state index contributed by atoms with van der Waals surface area (Å²) in [6, 6.07) is 14.7. The molecule has 0 spiro atoms. The zero-order chi connectivity index (χ0) is 16.2. The van der Waals surface area contributed by atoms with Gasteiger partial charge in [-0.15, -0.1) is 0 Å². The summed E-state index contributed by atoms with van der Waals surface area (Å²) in [4.78, 5) is 19.8. The van der Waals surface area contributed by atoms with Crippen molar-refractivity contribution in [3.8, 4) is 17.0 Å². The maximum Gasteiger partial charge on any atom is 0.259 e. The van der Waals surface area contributed by atoms with Gasteiger partial charge in [0, 0.05) is 16.9 Å². The number of carbonyl (C=O) groups is 1. The molecule has 116 valence electrons. The number of hydrogen-bond donors (Lipinski definition) is 2. The highest BCUT2D eigenvalue weighted by atomic mass is 16.5.